The number of hydrogen-bond donors (Lipinski definition) is 3. The number of ether oxygens (including phenoxy) is 1. The quantitative estimate of drug-likeness (QED) is 0.634. The van der Waals surface area contributed by atoms with E-state index >= 15 is 0 Å². The van der Waals surface area contributed by atoms with Crippen LogP contribution in [0.4, 0.5) is 4.39 Å². The second-order valence-corrected chi connectivity index (χ2v) is 6.59. The third-order valence-corrected chi connectivity index (χ3v) is 4.86. The van der Waals surface area contributed by atoms with Gasteiger partial charge in [-0.05, 0) is 31.0 Å². The molecule has 0 amide bonds. The van der Waals surface area contributed by atoms with E-state index in [0.717, 1.165) is 42.9 Å². The summed E-state index contributed by atoms with van der Waals surface area (Å²) in [7, 11) is 0. The topological polar surface area (TPSA) is 78.6 Å². The van der Waals surface area contributed by atoms with Gasteiger partial charge in [-0.1, -0.05) is 12.1 Å². The maximum absolute atomic E-state index is 14.1. The van der Waals surface area contributed by atoms with E-state index in [-0.39, 0.29) is 11.9 Å². The van der Waals surface area contributed by atoms with E-state index < -0.39 is 0 Å². The van der Waals surface area contributed by atoms with Gasteiger partial charge in [-0.2, -0.15) is 10.2 Å². The summed E-state index contributed by atoms with van der Waals surface area (Å²) in [5.74, 6) is 0.117. The first kappa shape index (κ1) is 16.9. The zero-order valence-corrected chi connectivity index (χ0v) is 14.4. The molecule has 0 spiro atoms. The molecule has 6 nitrogen and oxygen atoms in total. The summed E-state index contributed by atoms with van der Waals surface area (Å²) in [6, 6.07) is 8.70. The number of aromatic nitrogens is 4. The Labute approximate surface area is 151 Å². The summed E-state index contributed by atoms with van der Waals surface area (Å²) in [4.78, 5) is 0. The van der Waals surface area contributed by atoms with Crippen LogP contribution in [0.15, 0.2) is 42.7 Å². The Kier molecular flexibility index (Phi) is 5.08. The molecule has 1 aliphatic heterocycles. The highest BCUT2D eigenvalue weighted by molar-refractivity contribution is 5.63. The normalized spacial score (nSPS) is 20.3. The lowest BCUT2D eigenvalue weighted by atomic mass is 9.92. The molecule has 3 heterocycles. The molecule has 0 bridgehead atoms. The minimum Gasteiger partial charge on any atom is -0.372 e. The summed E-state index contributed by atoms with van der Waals surface area (Å²) in [5.41, 5.74) is 3.23. The number of nitrogens with zero attached hydrogens (tertiary/aromatic N) is 2. The first-order chi connectivity index (χ1) is 12.8. The average Bonchev–Trinajstić information content (AvgIpc) is 3.35. The van der Waals surface area contributed by atoms with Crippen LogP contribution < -0.4 is 5.32 Å². The molecule has 0 saturated carbocycles. The maximum Gasteiger partial charge on any atom is 0.132 e. The standard InChI is InChI=1S/C19H22FN5O/c20-16-6-2-1-5-15(16)18-14(12-23-25-18)11-21-10-13-4-3-9-26-19(13)17-7-8-22-24-17/h1-2,5-8,12-13,19,21H,3-4,9-11H2,(H,22,24)(H,23,25)/t13-,19+/m0/s1. The zero-order valence-electron chi connectivity index (χ0n) is 14.4. The number of H-pyrrole nitrogens is 2. The van der Waals surface area contributed by atoms with E-state index in [1.165, 1.54) is 6.07 Å². The van der Waals surface area contributed by atoms with Crippen molar-refractivity contribution in [1.82, 2.24) is 25.7 Å². The molecule has 1 fully saturated rings. The van der Waals surface area contributed by atoms with Crippen LogP contribution in [-0.4, -0.2) is 33.5 Å². The Hall–Kier alpha value is -2.51. The fourth-order valence-corrected chi connectivity index (χ4v) is 3.56. The van der Waals surface area contributed by atoms with Crippen molar-refractivity contribution in [3.63, 3.8) is 0 Å². The molecular formula is C19H22FN5O. The van der Waals surface area contributed by atoms with Crippen molar-refractivity contribution in [2.75, 3.05) is 13.2 Å². The summed E-state index contributed by atoms with van der Waals surface area (Å²) >= 11 is 0. The van der Waals surface area contributed by atoms with Crippen LogP contribution >= 0.6 is 0 Å². The molecule has 7 heteroatoms. The Balaban J connectivity index is 1.41. The summed E-state index contributed by atoms with van der Waals surface area (Å²) in [5, 5.41) is 17.5. The van der Waals surface area contributed by atoms with Gasteiger partial charge >= 0.3 is 0 Å². The molecule has 0 radical (unpaired) electrons. The minimum atomic E-state index is -0.252. The Morgan fingerprint density at radius 2 is 2.12 bits per heavy atom. The van der Waals surface area contributed by atoms with Crippen molar-refractivity contribution in [2.45, 2.75) is 25.5 Å². The molecule has 1 aromatic carbocycles. The van der Waals surface area contributed by atoms with Crippen LogP contribution in [0.2, 0.25) is 0 Å². The van der Waals surface area contributed by atoms with Gasteiger partial charge in [0.2, 0.25) is 0 Å². The van der Waals surface area contributed by atoms with Gasteiger partial charge in [0.25, 0.3) is 0 Å². The van der Waals surface area contributed by atoms with Crippen molar-refractivity contribution >= 4 is 0 Å². The number of nitrogens with one attached hydrogen (secondary N) is 3. The lowest BCUT2D eigenvalue weighted by molar-refractivity contribution is -0.0303. The SMILES string of the molecule is Fc1ccccc1-c1[nH]ncc1CNC[C@@H]1CCCO[C@H]1c1ccn[nH]1. The zero-order chi connectivity index (χ0) is 17.8. The van der Waals surface area contributed by atoms with Gasteiger partial charge in [0, 0.05) is 42.9 Å². The molecule has 1 saturated heterocycles. The maximum atomic E-state index is 14.1. The van der Waals surface area contributed by atoms with Crippen molar-refractivity contribution in [3.8, 4) is 11.3 Å². The van der Waals surface area contributed by atoms with Gasteiger partial charge in [-0.3, -0.25) is 10.2 Å². The number of aromatic amines is 2. The molecule has 4 rings (SSSR count). The molecule has 2 aromatic heterocycles. The minimum absolute atomic E-state index is 0.0362. The Bertz CT molecular complexity index is 832. The van der Waals surface area contributed by atoms with Gasteiger partial charge in [-0.15, -0.1) is 0 Å². The summed E-state index contributed by atoms with van der Waals surface area (Å²) < 4.78 is 20.0. The van der Waals surface area contributed by atoms with Crippen LogP contribution in [0.5, 0.6) is 0 Å². The average molecular weight is 355 g/mol. The molecule has 2 atom stereocenters. The molecule has 136 valence electrons. The highest BCUT2D eigenvalue weighted by Crippen LogP contribution is 2.32. The monoisotopic (exact) mass is 355 g/mol. The van der Waals surface area contributed by atoms with Gasteiger partial charge < -0.3 is 10.1 Å². The molecule has 3 N–H and O–H groups in total. The van der Waals surface area contributed by atoms with Crippen molar-refractivity contribution < 1.29 is 9.13 Å². The van der Waals surface area contributed by atoms with Gasteiger partial charge in [0.15, 0.2) is 0 Å². The van der Waals surface area contributed by atoms with E-state index in [9.17, 15) is 4.39 Å². The van der Waals surface area contributed by atoms with E-state index in [0.29, 0.717) is 18.0 Å². The third kappa shape index (κ3) is 3.54. The van der Waals surface area contributed by atoms with E-state index in [1.54, 1.807) is 24.5 Å². The molecular weight excluding hydrogens is 333 g/mol. The van der Waals surface area contributed by atoms with Crippen LogP contribution in [0, 0.1) is 11.7 Å². The first-order valence-corrected chi connectivity index (χ1v) is 8.91. The summed E-state index contributed by atoms with van der Waals surface area (Å²) in [6.45, 7) is 2.21. The molecule has 0 aliphatic carbocycles. The lowest BCUT2D eigenvalue weighted by Gasteiger charge is -2.31. The van der Waals surface area contributed by atoms with Gasteiger partial charge in [0.1, 0.15) is 11.9 Å². The number of benzene rings is 1. The Morgan fingerprint density at radius 3 is 2.96 bits per heavy atom. The highest BCUT2D eigenvalue weighted by Gasteiger charge is 2.28. The third-order valence-electron chi connectivity index (χ3n) is 4.86. The van der Waals surface area contributed by atoms with Crippen molar-refractivity contribution in [3.05, 3.63) is 59.8 Å². The fraction of sp³-hybridized carbons (Fsp3) is 0.368. The largest absolute Gasteiger partial charge is 0.372 e. The van der Waals surface area contributed by atoms with Crippen LogP contribution in [-0.2, 0) is 11.3 Å². The van der Waals surface area contributed by atoms with Gasteiger partial charge in [-0.25, -0.2) is 4.39 Å². The van der Waals surface area contributed by atoms with Crippen molar-refractivity contribution in [2.24, 2.45) is 5.92 Å². The number of hydrogen-bond acceptors (Lipinski definition) is 4. The van der Waals surface area contributed by atoms with Crippen LogP contribution in [0.3, 0.4) is 0 Å². The molecule has 1 aliphatic rings. The van der Waals surface area contributed by atoms with Crippen molar-refractivity contribution in [1.29, 1.82) is 0 Å². The smallest absolute Gasteiger partial charge is 0.132 e. The molecule has 0 unspecified atom stereocenters. The lowest BCUT2D eigenvalue weighted by Crippen LogP contribution is -2.32. The second-order valence-electron chi connectivity index (χ2n) is 6.59. The second kappa shape index (κ2) is 7.80. The molecule has 3 aromatic rings. The Morgan fingerprint density at radius 1 is 1.19 bits per heavy atom. The van der Waals surface area contributed by atoms with Crippen LogP contribution in [0.1, 0.15) is 30.2 Å². The van der Waals surface area contributed by atoms with Gasteiger partial charge in [0.05, 0.1) is 17.6 Å². The van der Waals surface area contributed by atoms with E-state index in [1.807, 2.05) is 12.1 Å². The summed E-state index contributed by atoms with van der Waals surface area (Å²) in [6.07, 6.45) is 5.70. The predicted molar refractivity (Wildman–Crippen MR) is 95.7 cm³/mol. The van der Waals surface area contributed by atoms with E-state index in [2.05, 4.69) is 25.7 Å². The van der Waals surface area contributed by atoms with E-state index in [4.69, 9.17) is 4.74 Å². The molecule has 26 heavy (non-hydrogen) atoms. The first-order valence-electron chi connectivity index (χ1n) is 8.91. The predicted octanol–water partition coefficient (Wildman–Crippen LogP) is 3.20. The number of halogens is 1. The fourth-order valence-electron chi connectivity index (χ4n) is 3.56. The highest BCUT2D eigenvalue weighted by atomic mass is 19.1. The van der Waals surface area contributed by atoms with Crippen LogP contribution in [0.25, 0.3) is 11.3 Å². The number of rotatable bonds is 6.